The Morgan fingerprint density at radius 2 is 1.72 bits per heavy atom. The standard InChI is InChI=1S/C20H35N5O6S/c1-11(2)16(22)18(28)23-12(6-7-15(21)26)17(27)24-13(8-10-32-3)19(29)25-9-4-5-14(25)20(30)31/h11-14,16H,4-10,22H2,1-3H3,(H2,21,26)(H,23,28)(H,24,27)(H,30,31). The van der Waals surface area contributed by atoms with Gasteiger partial charge in [-0.3, -0.25) is 19.2 Å². The monoisotopic (exact) mass is 473 g/mol. The number of carbonyl (C=O) groups excluding carboxylic acids is 4. The second kappa shape index (κ2) is 13.3. The lowest BCUT2D eigenvalue weighted by Crippen LogP contribution is -2.57. The van der Waals surface area contributed by atoms with E-state index in [4.69, 9.17) is 11.5 Å². The second-order valence-corrected chi connectivity index (χ2v) is 9.19. The molecule has 1 rings (SSSR count). The van der Waals surface area contributed by atoms with E-state index in [9.17, 15) is 29.1 Å². The van der Waals surface area contributed by atoms with Crippen LogP contribution in [0.15, 0.2) is 0 Å². The number of nitrogens with zero attached hydrogens (tertiary/aromatic N) is 1. The molecule has 0 radical (unpaired) electrons. The van der Waals surface area contributed by atoms with Crippen LogP contribution in [-0.4, -0.2) is 82.3 Å². The van der Waals surface area contributed by atoms with Crippen molar-refractivity contribution in [3.05, 3.63) is 0 Å². The van der Waals surface area contributed by atoms with Gasteiger partial charge >= 0.3 is 5.97 Å². The van der Waals surface area contributed by atoms with Crippen LogP contribution in [0.5, 0.6) is 0 Å². The topological polar surface area (TPSA) is 185 Å². The molecule has 32 heavy (non-hydrogen) atoms. The zero-order valence-corrected chi connectivity index (χ0v) is 19.7. The summed E-state index contributed by atoms with van der Waals surface area (Å²) in [6.45, 7) is 3.82. The Hall–Kier alpha value is -2.34. The highest BCUT2D eigenvalue weighted by atomic mass is 32.2. The average molecular weight is 474 g/mol. The van der Waals surface area contributed by atoms with Crippen molar-refractivity contribution in [2.75, 3.05) is 18.6 Å². The molecular weight excluding hydrogens is 438 g/mol. The van der Waals surface area contributed by atoms with Crippen LogP contribution in [0.1, 0.15) is 46.0 Å². The van der Waals surface area contributed by atoms with Crippen LogP contribution in [-0.2, 0) is 24.0 Å². The quantitative estimate of drug-likeness (QED) is 0.226. The van der Waals surface area contributed by atoms with Crippen LogP contribution in [0, 0.1) is 5.92 Å². The van der Waals surface area contributed by atoms with Crippen molar-refractivity contribution in [1.82, 2.24) is 15.5 Å². The fraction of sp³-hybridized carbons (Fsp3) is 0.750. The van der Waals surface area contributed by atoms with Crippen LogP contribution in [0.25, 0.3) is 0 Å². The predicted molar refractivity (Wildman–Crippen MR) is 120 cm³/mol. The molecule has 0 aromatic rings. The molecule has 0 aliphatic carbocycles. The first-order valence-corrected chi connectivity index (χ1v) is 12.1. The summed E-state index contributed by atoms with van der Waals surface area (Å²) in [7, 11) is 0. The summed E-state index contributed by atoms with van der Waals surface area (Å²) >= 11 is 1.48. The SMILES string of the molecule is CSCCC(NC(=O)C(CCC(N)=O)NC(=O)C(N)C(C)C)C(=O)N1CCCC1C(=O)O. The number of amides is 4. The van der Waals surface area contributed by atoms with Gasteiger partial charge in [-0.15, -0.1) is 0 Å². The maximum atomic E-state index is 13.1. The highest BCUT2D eigenvalue weighted by Crippen LogP contribution is 2.20. The Morgan fingerprint density at radius 3 is 2.25 bits per heavy atom. The van der Waals surface area contributed by atoms with Crippen molar-refractivity contribution < 1.29 is 29.1 Å². The molecule has 4 atom stereocenters. The maximum Gasteiger partial charge on any atom is 0.326 e. The van der Waals surface area contributed by atoms with E-state index in [2.05, 4.69) is 10.6 Å². The van der Waals surface area contributed by atoms with E-state index >= 15 is 0 Å². The lowest BCUT2D eigenvalue weighted by molar-refractivity contribution is -0.149. The van der Waals surface area contributed by atoms with Crippen molar-refractivity contribution in [3.63, 3.8) is 0 Å². The molecule has 4 amide bonds. The molecule has 0 aromatic heterocycles. The number of rotatable bonds is 13. The molecule has 11 nitrogen and oxygen atoms in total. The average Bonchev–Trinajstić information content (AvgIpc) is 3.22. The summed E-state index contributed by atoms with van der Waals surface area (Å²) < 4.78 is 0. The van der Waals surface area contributed by atoms with Crippen LogP contribution >= 0.6 is 11.8 Å². The van der Waals surface area contributed by atoms with E-state index in [1.165, 1.54) is 16.7 Å². The fourth-order valence-corrected chi connectivity index (χ4v) is 3.85. The molecule has 0 bridgehead atoms. The van der Waals surface area contributed by atoms with Gasteiger partial charge in [-0.1, -0.05) is 13.8 Å². The van der Waals surface area contributed by atoms with E-state index in [1.807, 2.05) is 6.26 Å². The summed E-state index contributed by atoms with van der Waals surface area (Å²) in [6.07, 6.45) is 2.86. The van der Waals surface area contributed by atoms with E-state index in [-0.39, 0.29) is 25.2 Å². The number of carboxylic acids is 1. The highest BCUT2D eigenvalue weighted by molar-refractivity contribution is 7.98. The molecule has 12 heteroatoms. The van der Waals surface area contributed by atoms with Crippen molar-refractivity contribution >= 4 is 41.4 Å². The smallest absolute Gasteiger partial charge is 0.326 e. The molecule has 182 valence electrons. The van der Waals surface area contributed by atoms with E-state index < -0.39 is 53.8 Å². The normalized spacial score (nSPS) is 18.7. The number of primary amides is 1. The third kappa shape index (κ3) is 8.30. The third-order valence-corrected chi connectivity index (χ3v) is 6.02. The molecular formula is C20H35N5O6S. The van der Waals surface area contributed by atoms with Crippen LogP contribution in [0.2, 0.25) is 0 Å². The number of likely N-dealkylation sites (tertiary alicyclic amines) is 1. The number of nitrogens with one attached hydrogen (secondary N) is 2. The Bertz CT molecular complexity index is 704. The largest absolute Gasteiger partial charge is 0.480 e. The Morgan fingerprint density at radius 1 is 1.09 bits per heavy atom. The van der Waals surface area contributed by atoms with Crippen LogP contribution < -0.4 is 22.1 Å². The zero-order chi connectivity index (χ0) is 24.4. The Labute approximate surface area is 192 Å². The zero-order valence-electron chi connectivity index (χ0n) is 18.8. The van der Waals surface area contributed by atoms with Crippen molar-refractivity contribution in [2.45, 2.75) is 70.1 Å². The molecule has 0 aromatic carbocycles. The molecule has 1 aliphatic rings. The van der Waals surface area contributed by atoms with E-state index in [0.29, 0.717) is 25.1 Å². The number of carbonyl (C=O) groups is 5. The molecule has 0 saturated carbocycles. The van der Waals surface area contributed by atoms with E-state index in [0.717, 1.165) is 0 Å². The number of thioether (sulfide) groups is 1. The van der Waals surface area contributed by atoms with Gasteiger partial charge in [0.15, 0.2) is 0 Å². The summed E-state index contributed by atoms with van der Waals surface area (Å²) in [5.41, 5.74) is 11.0. The summed E-state index contributed by atoms with van der Waals surface area (Å²) in [5.74, 6) is -3.02. The van der Waals surface area contributed by atoms with Crippen LogP contribution in [0.4, 0.5) is 0 Å². The molecule has 1 saturated heterocycles. The lowest BCUT2D eigenvalue weighted by atomic mass is 10.0. The minimum atomic E-state index is -1.11. The van der Waals surface area contributed by atoms with Gasteiger partial charge in [0.2, 0.25) is 23.6 Å². The van der Waals surface area contributed by atoms with E-state index in [1.54, 1.807) is 13.8 Å². The van der Waals surface area contributed by atoms with Gasteiger partial charge in [0.05, 0.1) is 6.04 Å². The molecule has 1 fully saturated rings. The Kier molecular flexibility index (Phi) is 11.5. The number of hydrogen-bond donors (Lipinski definition) is 5. The first-order chi connectivity index (χ1) is 15.0. The molecule has 4 unspecified atom stereocenters. The van der Waals surface area contributed by atoms with Crippen molar-refractivity contribution in [2.24, 2.45) is 17.4 Å². The first-order valence-electron chi connectivity index (χ1n) is 10.7. The van der Waals surface area contributed by atoms with Gasteiger partial charge in [0, 0.05) is 13.0 Å². The third-order valence-electron chi connectivity index (χ3n) is 5.38. The fourth-order valence-electron chi connectivity index (χ4n) is 3.38. The van der Waals surface area contributed by atoms with Crippen molar-refractivity contribution in [3.8, 4) is 0 Å². The molecule has 1 heterocycles. The van der Waals surface area contributed by atoms with Crippen LogP contribution in [0.3, 0.4) is 0 Å². The first kappa shape index (κ1) is 27.7. The molecule has 0 spiro atoms. The minimum absolute atomic E-state index is 0.0530. The van der Waals surface area contributed by atoms with Crippen molar-refractivity contribution in [1.29, 1.82) is 0 Å². The lowest BCUT2D eigenvalue weighted by Gasteiger charge is -2.29. The number of aliphatic carboxylic acids is 1. The molecule has 7 N–H and O–H groups in total. The van der Waals surface area contributed by atoms with Gasteiger partial charge in [-0.05, 0) is 43.6 Å². The Balaban J connectivity index is 3.00. The van der Waals surface area contributed by atoms with Gasteiger partial charge in [0.1, 0.15) is 18.1 Å². The highest BCUT2D eigenvalue weighted by Gasteiger charge is 2.38. The van der Waals surface area contributed by atoms with Gasteiger partial charge in [-0.25, -0.2) is 4.79 Å². The van der Waals surface area contributed by atoms with Gasteiger partial charge in [0.25, 0.3) is 0 Å². The summed E-state index contributed by atoms with van der Waals surface area (Å²) in [4.78, 5) is 62.4. The summed E-state index contributed by atoms with van der Waals surface area (Å²) in [6, 6.07) is -3.85. The maximum absolute atomic E-state index is 13.1. The number of carboxylic acid groups (broad SMARTS) is 1. The number of hydrogen-bond acceptors (Lipinski definition) is 7. The minimum Gasteiger partial charge on any atom is -0.480 e. The molecule has 1 aliphatic heterocycles. The van der Waals surface area contributed by atoms with Gasteiger partial charge < -0.3 is 32.1 Å². The number of nitrogens with two attached hydrogens (primary N) is 2. The predicted octanol–water partition coefficient (Wildman–Crippen LogP) is -0.966. The summed E-state index contributed by atoms with van der Waals surface area (Å²) in [5, 5.41) is 14.6. The second-order valence-electron chi connectivity index (χ2n) is 8.21. The van der Waals surface area contributed by atoms with Gasteiger partial charge in [-0.2, -0.15) is 11.8 Å².